The normalized spacial score (nSPS) is 25.2. The smallest absolute Gasteiger partial charge is 0.322 e. The second kappa shape index (κ2) is 8.84. The van der Waals surface area contributed by atoms with Crippen LogP contribution in [-0.2, 0) is 5.54 Å². The van der Waals surface area contributed by atoms with Crippen molar-refractivity contribution in [2.45, 2.75) is 36.8 Å². The van der Waals surface area contributed by atoms with Gasteiger partial charge in [-0.3, -0.25) is 14.6 Å². The monoisotopic (exact) mass is 438 g/mol. The highest BCUT2D eigenvalue weighted by Gasteiger charge is 2.50. The SMILES string of the molecule is CN(C)[C@]1(c2ccccc2)CC[C@@]2(CC1)CN(c1cnc(C(=O)NCCO)nc1)C(=O)N2. The van der Waals surface area contributed by atoms with E-state index in [0.717, 1.165) is 25.7 Å². The number of benzene rings is 1. The molecule has 2 aliphatic rings. The Kier molecular flexibility index (Phi) is 6.12. The predicted octanol–water partition coefficient (Wildman–Crippen LogP) is 1.50. The maximum Gasteiger partial charge on any atom is 0.322 e. The van der Waals surface area contributed by atoms with Crippen molar-refractivity contribution in [3.05, 3.63) is 54.1 Å². The highest BCUT2D eigenvalue weighted by Crippen LogP contribution is 2.46. The number of rotatable bonds is 6. The molecule has 1 aromatic heterocycles. The second-order valence-electron chi connectivity index (χ2n) is 8.83. The van der Waals surface area contributed by atoms with Crippen LogP contribution in [0.4, 0.5) is 10.5 Å². The van der Waals surface area contributed by atoms with Gasteiger partial charge in [0.1, 0.15) is 0 Å². The van der Waals surface area contributed by atoms with E-state index in [1.54, 1.807) is 4.90 Å². The number of nitrogens with one attached hydrogen (secondary N) is 2. The van der Waals surface area contributed by atoms with Crippen LogP contribution in [0.15, 0.2) is 42.7 Å². The number of amides is 3. The standard InChI is InChI=1S/C23H30N6O3/c1-28(2)23(17-6-4-3-5-7-17)10-8-22(9-11-23)16-29(21(32)27-22)18-14-25-19(26-15-18)20(31)24-12-13-30/h3-7,14-15,30H,8-13,16H2,1-2H3,(H,24,31)(H,27,32)/t22-,23-. The lowest BCUT2D eigenvalue weighted by Gasteiger charge is -2.48. The summed E-state index contributed by atoms with van der Waals surface area (Å²) >= 11 is 0. The van der Waals surface area contributed by atoms with E-state index in [2.05, 4.69) is 63.9 Å². The average molecular weight is 439 g/mol. The summed E-state index contributed by atoms with van der Waals surface area (Å²) in [5, 5.41) is 14.5. The van der Waals surface area contributed by atoms with Gasteiger partial charge in [-0.15, -0.1) is 0 Å². The van der Waals surface area contributed by atoms with Crippen LogP contribution in [0, 0.1) is 0 Å². The van der Waals surface area contributed by atoms with Crippen molar-refractivity contribution in [2.24, 2.45) is 0 Å². The molecular weight excluding hydrogens is 408 g/mol. The molecule has 0 atom stereocenters. The Labute approximate surface area is 187 Å². The highest BCUT2D eigenvalue weighted by atomic mass is 16.3. The van der Waals surface area contributed by atoms with E-state index in [0.29, 0.717) is 12.2 Å². The van der Waals surface area contributed by atoms with Crippen LogP contribution in [0.3, 0.4) is 0 Å². The molecule has 4 rings (SSSR count). The fourth-order valence-corrected chi connectivity index (χ4v) is 4.91. The number of anilines is 1. The first-order chi connectivity index (χ1) is 15.4. The Hall–Kier alpha value is -3.04. The molecule has 9 nitrogen and oxygen atoms in total. The zero-order valence-corrected chi connectivity index (χ0v) is 18.5. The Bertz CT molecular complexity index is 955. The average Bonchev–Trinajstić information content (AvgIpc) is 3.14. The first-order valence-electron chi connectivity index (χ1n) is 10.9. The van der Waals surface area contributed by atoms with Crippen LogP contribution in [0.2, 0.25) is 0 Å². The summed E-state index contributed by atoms with van der Waals surface area (Å²) in [5.41, 5.74) is 1.54. The zero-order valence-electron chi connectivity index (χ0n) is 18.5. The van der Waals surface area contributed by atoms with Crippen molar-refractivity contribution < 1.29 is 14.7 Å². The van der Waals surface area contributed by atoms with Gasteiger partial charge in [-0.1, -0.05) is 30.3 Å². The summed E-state index contributed by atoms with van der Waals surface area (Å²) in [4.78, 5) is 36.9. The molecule has 2 aromatic rings. The zero-order chi connectivity index (χ0) is 22.8. The van der Waals surface area contributed by atoms with Gasteiger partial charge in [-0.05, 0) is 45.3 Å². The van der Waals surface area contributed by atoms with Crippen LogP contribution in [0.1, 0.15) is 41.9 Å². The minimum absolute atomic E-state index is 0.00723. The van der Waals surface area contributed by atoms with Crippen molar-refractivity contribution in [3.63, 3.8) is 0 Å². The number of hydrogen-bond donors (Lipinski definition) is 3. The molecule has 170 valence electrons. The minimum atomic E-state index is -0.457. The molecule has 3 amide bonds. The summed E-state index contributed by atoms with van der Waals surface area (Å²) in [7, 11) is 4.25. The summed E-state index contributed by atoms with van der Waals surface area (Å²) in [6, 6.07) is 10.4. The molecule has 0 bridgehead atoms. The van der Waals surface area contributed by atoms with Crippen molar-refractivity contribution >= 4 is 17.6 Å². The Balaban J connectivity index is 1.47. The molecule has 9 heteroatoms. The van der Waals surface area contributed by atoms with Gasteiger partial charge in [0.2, 0.25) is 5.82 Å². The van der Waals surface area contributed by atoms with Gasteiger partial charge in [0.25, 0.3) is 5.91 Å². The predicted molar refractivity (Wildman–Crippen MR) is 120 cm³/mol. The lowest BCUT2D eigenvalue weighted by Crippen LogP contribution is -2.54. The van der Waals surface area contributed by atoms with Gasteiger partial charge in [0, 0.05) is 12.1 Å². The highest BCUT2D eigenvalue weighted by molar-refractivity contribution is 5.95. The minimum Gasteiger partial charge on any atom is -0.395 e. The summed E-state index contributed by atoms with van der Waals surface area (Å²) in [6.07, 6.45) is 6.61. The van der Waals surface area contributed by atoms with Crippen molar-refractivity contribution in [3.8, 4) is 0 Å². The quantitative estimate of drug-likeness (QED) is 0.630. The molecule has 0 unspecified atom stereocenters. The van der Waals surface area contributed by atoms with Crippen molar-refractivity contribution in [1.29, 1.82) is 0 Å². The molecule has 1 saturated carbocycles. The van der Waals surface area contributed by atoms with Crippen LogP contribution in [-0.4, -0.2) is 71.2 Å². The van der Waals surface area contributed by atoms with Crippen LogP contribution in [0.25, 0.3) is 0 Å². The summed E-state index contributed by atoms with van der Waals surface area (Å²) < 4.78 is 0. The van der Waals surface area contributed by atoms with E-state index in [1.165, 1.54) is 18.0 Å². The molecule has 1 spiro atoms. The molecule has 0 radical (unpaired) electrons. The van der Waals surface area contributed by atoms with Crippen molar-refractivity contribution in [1.82, 2.24) is 25.5 Å². The Morgan fingerprint density at radius 2 is 1.81 bits per heavy atom. The van der Waals surface area contributed by atoms with Crippen molar-refractivity contribution in [2.75, 3.05) is 38.7 Å². The van der Waals surface area contributed by atoms with Crippen LogP contribution in [0.5, 0.6) is 0 Å². The number of carbonyl (C=O) groups is 2. The molecule has 1 saturated heterocycles. The number of urea groups is 1. The van der Waals surface area contributed by atoms with Gasteiger partial charge < -0.3 is 15.7 Å². The number of nitrogens with zero attached hydrogens (tertiary/aromatic N) is 4. The third kappa shape index (κ3) is 4.05. The maximum atomic E-state index is 12.8. The number of aliphatic hydroxyl groups excluding tert-OH is 1. The molecule has 1 aliphatic heterocycles. The topological polar surface area (TPSA) is 111 Å². The van der Waals surface area contributed by atoms with E-state index >= 15 is 0 Å². The molecule has 32 heavy (non-hydrogen) atoms. The molecule has 2 heterocycles. The molecule has 2 fully saturated rings. The van der Waals surface area contributed by atoms with E-state index < -0.39 is 5.91 Å². The largest absolute Gasteiger partial charge is 0.395 e. The first kappa shape index (κ1) is 22.2. The van der Waals surface area contributed by atoms with Gasteiger partial charge in [0.15, 0.2) is 0 Å². The summed E-state index contributed by atoms with van der Waals surface area (Å²) in [5.74, 6) is -0.450. The van der Waals surface area contributed by atoms with Gasteiger partial charge in [-0.2, -0.15) is 0 Å². The van der Waals surface area contributed by atoms with Gasteiger partial charge in [0.05, 0.1) is 36.8 Å². The van der Waals surface area contributed by atoms with E-state index in [9.17, 15) is 9.59 Å². The number of hydrogen-bond acceptors (Lipinski definition) is 6. The molecule has 1 aliphatic carbocycles. The molecule has 3 N–H and O–H groups in total. The number of aliphatic hydroxyl groups is 1. The first-order valence-corrected chi connectivity index (χ1v) is 10.9. The maximum absolute atomic E-state index is 12.8. The fraction of sp³-hybridized carbons (Fsp3) is 0.478. The number of aromatic nitrogens is 2. The van der Waals surface area contributed by atoms with E-state index in [-0.39, 0.29) is 36.1 Å². The fourth-order valence-electron chi connectivity index (χ4n) is 4.91. The van der Waals surface area contributed by atoms with Crippen LogP contribution < -0.4 is 15.5 Å². The van der Waals surface area contributed by atoms with E-state index in [4.69, 9.17) is 5.11 Å². The second-order valence-corrected chi connectivity index (χ2v) is 8.83. The number of carbonyl (C=O) groups excluding carboxylic acids is 2. The summed E-state index contributed by atoms with van der Waals surface area (Å²) in [6.45, 7) is 0.529. The van der Waals surface area contributed by atoms with Crippen LogP contribution >= 0.6 is 0 Å². The lowest BCUT2D eigenvalue weighted by molar-refractivity contribution is 0.0658. The van der Waals surface area contributed by atoms with Gasteiger partial charge >= 0.3 is 6.03 Å². The Morgan fingerprint density at radius 3 is 2.41 bits per heavy atom. The third-order valence-corrected chi connectivity index (χ3v) is 6.83. The molecule has 1 aromatic carbocycles. The lowest BCUT2D eigenvalue weighted by atomic mass is 9.69. The third-order valence-electron chi connectivity index (χ3n) is 6.83. The Morgan fingerprint density at radius 1 is 1.16 bits per heavy atom. The van der Waals surface area contributed by atoms with E-state index in [1.807, 2.05) is 6.07 Å². The molecular formula is C23H30N6O3. The van der Waals surface area contributed by atoms with Gasteiger partial charge in [-0.25, -0.2) is 14.8 Å².